The minimum Gasteiger partial charge on any atom is -0.456 e. The van der Waals surface area contributed by atoms with E-state index in [-0.39, 0.29) is 37.3 Å². The van der Waals surface area contributed by atoms with Crippen LogP contribution in [0.5, 0.6) is 0 Å². The maximum atomic E-state index is 12.1. The normalized spacial score (nSPS) is 13.0. The van der Waals surface area contributed by atoms with Crippen LogP contribution in [0.25, 0.3) is 0 Å². The molecule has 0 radical (unpaired) electrons. The van der Waals surface area contributed by atoms with E-state index in [1.807, 2.05) is 6.92 Å². The highest BCUT2D eigenvalue weighted by Gasteiger charge is 2.34. The number of amides is 3. The van der Waals surface area contributed by atoms with Crippen molar-refractivity contribution in [3.05, 3.63) is 35.4 Å². The lowest BCUT2D eigenvalue weighted by Crippen LogP contribution is -2.31. The zero-order chi connectivity index (χ0) is 17.5. The summed E-state index contributed by atoms with van der Waals surface area (Å²) in [7, 11) is 0. The maximum Gasteiger partial charge on any atom is 0.306 e. The molecular weight excluding hydrogens is 312 g/mol. The number of imide groups is 1. The SMILES string of the molecule is CCCNC(=O)COC(=O)CCCN1C(=O)c2ccccc2C1=O. The van der Waals surface area contributed by atoms with Gasteiger partial charge in [0.15, 0.2) is 6.61 Å². The molecule has 0 unspecified atom stereocenters. The fraction of sp³-hybridized carbons (Fsp3) is 0.412. The first-order valence-corrected chi connectivity index (χ1v) is 7.92. The van der Waals surface area contributed by atoms with Crippen molar-refractivity contribution >= 4 is 23.7 Å². The number of fused-ring (bicyclic) bond motifs is 1. The van der Waals surface area contributed by atoms with Crippen LogP contribution < -0.4 is 5.32 Å². The molecule has 1 N–H and O–H groups in total. The zero-order valence-electron chi connectivity index (χ0n) is 13.5. The summed E-state index contributed by atoms with van der Waals surface area (Å²) in [6.07, 6.45) is 1.13. The lowest BCUT2D eigenvalue weighted by Gasteiger charge is -2.13. The third-order valence-electron chi connectivity index (χ3n) is 3.58. The first-order valence-electron chi connectivity index (χ1n) is 7.92. The summed E-state index contributed by atoms with van der Waals surface area (Å²) in [5.74, 6) is -1.56. The molecule has 0 aromatic heterocycles. The van der Waals surface area contributed by atoms with E-state index in [1.54, 1.807) is 24.3 Å². The third-order valence-corrected chi connectivity index (χ3v) is 3.58. The molecule has 0 saturated carbocycles. The first-order chi connectivity index (χ1) is 11.5. The minimum atomic E-state index is -0.529. The van der Waals surface area contributed by atoms with E-state index >= 15 is 0 Å². The number of esters is 1. The van der Waals surface area contributed by atoms with Gasteiger partial charge in [-0.1, -0.05) is 19.1 Å². The average molecular weight is 332 g/mol. The van der Waals surface area contributed by atoms with E-state index < -0.39 is 5.97 Å². The van der Waals surface area contributed by atoms with Gasteiger partial charge in [0, 0.05) is 19.5 Å². The van der Waals surface area contributed by atoms with Crippen LogP contribution in [0.2, 0.25) is 0 Å². The van der Waals surface area contributed by atoms with Crippen LogP contribution in [0.4, 0.5) is 0 Å². The Morgan fingerprint density at radius 2 is 1.75 bits per heavy atom. The van der Waals surface area contributed by atoms with Gasteiger partial charge >= 0.3 is 5.97 Å². The number of benzene rings is 1. The van der Waals surface area contributed by atoms with Crippen molar-refractivity contribution in [2.75, 3.05) is 19.7 Å². The Morgan fingerprint density at radius 3 is 2.33 bits per heavy atom. The van der Waals surface area contributed by atoms with Crippen molar-refractivity contribution in [3.63, 3.8) is 0 Å². The summed E-state index contributed by atoms with van der Waals surface area (Å²) in [5.41, 5.74) is 0.773. The van der Waals surface area contributed by atoms with Gasteiger partial charge in [-0.2, -0.15) is 0 Å². The Bertz CT molecular complexity index is 621. The lowest BCUT2D eigenvalue weighted by molar-refractivity contribution is -0.148. The fourth-order valence-corrected chi connectivity index (χ4v) is 2.36. The largest absolute Gasteiger partial charge is 0.456 e. The second-order valence-electron chi connectivity index (χ2n) is 5.42. The van der Waals surface area contributed by atoms with Gasteiger partial charge < -0.3 is 10.1 Å². The van der Waals surface area contributed by atoms with E-state index in [4.69, 9.17) is 4.74 Å². The summed E-state index contributed by atoms with van der Waals surface area (Å²) in [6, 6.07) is 6.63. The topological polar surface area (TPSA) is 92.8 Å². The Balaban J connectivity index is 1.73. The molecule has 2 rings (SSSR count). The summed E-state index contributed by atoms with van der Waals surface area (Å²) in [5, 5.41) is 2.60. The van der Waals surface area contributed by atoms with E-state index in [0.29, 0.717) is 24.1 Å². The highest BCUT2D eigenvalue weighted by atomic mass is 16.5. The summed E-state index contributed by atoms with van der Waals surface area (Å²) < 4.78 is 4.84. The predicted octanol–water partition coefficient (Wildman–Crippen LogP) is 1.13. The first kappa shape index (κ1) is 17.7. The number of nitrogens with one attached hydrogen (secondary N) is 1. The number of carbonyl (C=O) groups is 4. The van der Waals surface area contributed by atoms with E-state index in [2.05, 4.69) is 5.32 Å². The van der Waals surface area contributed by atoms with E-state index in [1.165, 1.54) is 0 Å². The van der Waals surface area contributed by atoms with Crippen LogP contribution in [0, 0.1) is 0 Å². The Morgan fingerprint density at radius 1 is 1.12 bits per heavy atom. The molecule has 1 aromatic carbocycles. The van der Waals surface area contributed by atoms with Gasteiger partial charge in [0.05, 0.1) is 11.1 Å². The summed E-state index contributed by atoms with van der Waals surface area (Å²) in [6.45, 7) is 2.29. The van der Waals surface area contributed by atoms with Crippen LogP contribution >= 0.6 is 0 Å². The van der Waals surface area contributed by atoms with Crippen molar-refractivity contribution in [1.82, 2.24) is 10.2 Å². The molecule has 0 aliphatic carbocycles. The molecule has 7 heteroatoms. The van der Waals surface area contributed by atoms with Crippen molar-refractivity contribution in [1.29, 1.82) is 0 Å². The van der Waals surface area contributed by atoms with Gasteiger partial charge in [-0.25, -0.2) is 0 Å². The highest BCUT2D eigenvalue weighted by molar-refractivity contribution is 6.21. The fourth-order valence-electron chi connectivity index (χ4n) is 2.36. The molecule has 1 aromatic rings. The Kier molecular flexibility index (Phi) is 6.06. The number of hydrogen-bond donors (Lipinski definition) is 1. The van der Waals surface area contributed by atoms with E-state index in [0.717, 1.165) is 11.3 Å². The number of hydrogen-bond acceptors (Lipinski definition) is 5. The van der Waals surface area contributed by atoms with E-state index in [9.17, 15) is 19.2 Å². The number of carbonyl (C=O) groups excluding carboxylic acids is 4. The van der Waals surface area contributed by atoms with Gasteiger partial charge in [-0.05, 0) is 25.0 Å². The number of ether oxygens (including phenoxy) is 1. The van der Waals surface area contributed by atoms with Crippen molar-refractivity contribution in [2.45, 2.75) is 26.2 Å². The monoisotopic (exact) mass is 332 g/mol. The molecule has 1 heterocycles. The minimum absolute atomic E-state index is 0.0362. The molecule has 0 fully saturated rings. The standard InChI is InChI=1S/C17H20N2O5/c1-2-9-18-14(20)11-24-15(21)8-5-10-19-16(22)12-6-3-4-7-13(12)17(19)23/h3-4,6-7H,2,5,8-11H2,1H3,(H,18,20). The third kappa shape index (κ3) is 4.18. The van der Waals surface area contributed by atoms with Crippen molar-refractivity contribution < 1.29 is 23.9 Å². The van der Waals surface area contributed by atoms with Crippen molar-refractivity contribution in [2.24, 2.45) is 0 Å². The Labute approximate surface area is 140 Å². The molecule has 128 valence electrons. The van der Waals surface area contributed by atoms with Crippen LogP contribution in [0.1, 0.15) is 46.9 Å². The van der Waals surface area contributed by atoms with Crippen LogP contribution in [0.15, 0.2) is 24.3 Å². The second-order valence-corrected chi connectivity index (χ2v) is 5.42. The van der Waals surface area contributed by atoms with Gasteiger partial charge in [-0.3, -0.25) is 24.1 Å². The Hall–Kier alpha value is -2.70. The van der Waals surface area contributed by atoms with Gasteiger partial charge in [0.2, 0.25) is 0 Å². The second kappa shape index (κ2) is 8.24. The van der Waals surface area contributed by atoms with Crippen LogP contribution in [0.3, 0.4) is 0 Å². The molecule has 0 atom stereocenters. The van der Waals surface area contributed by atoms with Crippen LogP contribution in [-0.2, 0) is 14.3 Å². The molecule has 24 heavy (non-hydrogen) atoms. The zero-order valence-corrected chi connectivity index (χ0v) is 13.5. The molecular formula is C17H20N2O5. The molecule has 0 saturated heterocycles. The molecule has 0 spiro atoms. The predicted molar refractivity (Wildman–Crippen MR) is 85.3 cm³/mol. The smallest absolute Gasteiger partial charge is 0.306 e. The average Bonchev–Trinajstić information content (AvgIpc) is 2.83. The molecule has 3 amide bonds. The molecule has 1 aliphatic heterocycles. The molecule has 1 aliphatic rings. The maximum absolute atomic E-state index is 12.1. The van der Waals surface area contributed by atoms with Crippen LogP contribution in [-0.4, -0.2) is 48.3 Å². The van der Waals surface area contributed by atoms with Gasteiger partial charge in [0.25, 0.3) is 17.7 Å². The van der Waals surface area contributed by atoms with Crippen molar-refractivity contribution in [3.8, 4) is 0 Å². The lowest BCUT2D eigenvalue weighted by atomic mass is 10.1. The quantitative estimate of drug-likeness (QED) is 0.569. The number of rotatable bonds is 8. The summed E-state index contributed by atoms with van der Waals surface area (Å²) >= 11 is 0. The highest BCUT2D eigenvalue weighted by Crippen LogP contribution is 2.22. The summed E-state index contributed by atoms with van der Waals surface area (Å²) in [4.78, 5) is 48.3. The van der Waals surface area contributed by atoms with Gasteiger partial charge in [-0.15, -0.1) is 0 Å². The molecule has 7 nitrogen and oxygen atoms in total. The van der Waals surface area contributed by atoms with Gasteiger partial charge in [0.1, 0.15) is 0 Å². The molecule has 0 bridgehead atoms. The number of nitrogens with zero attached hydrogens (tertiary/aromatic N) is 1.